The third-order valence-corrected chi connectivity index (χ3v) is 2.50. The van der Waals surface area contributed by atoms with Gasteiger partial charge in [0.05, 0.1) is 13.2 Å². The van der Waals surface area contributed by atoms with Crippen LogP contribution in [-0.4, -0.2) is 40.5 Å². The van der Waals surface area contributed by atoms with E-state index in [-0.39, 0.29) is 0 Å². The molecule has 2 rings (SSSR count). The van der Waals surface area contributed by atoms with E-state index in [4.69, 9.17) is 4.74 Å². The Morgan fingerprint density at radius 2 is 2.40 bits per heavy atom. The fourth-order valence-electron chi connectivity index (χ4n) is 1.41. The zero-order chi connectivity index (χ0) is 10.5. The number of nitrogens with one attached hydrogen (secondary N) is 1. The minimum Gasteiger partial charge on any atom is -0.383 e. The van der Waals surface area contributed by atoms with Gasteiger partial charge >= 0.3 is 0 Å². The van der Waals surface area contributed by atoms with E-state index in [0.29, 0.717) is 13.2 Å². The summed E-state index contributed by atoms with van der Waals surface area (Å²) in [6, 6.07) is 0. The minimum atomic E-state index is 0.711. The fourth-order valence-corrected chi connectivity index (χ4v) is 1.41. The van der Waals surface area contributed by atoms with Crippen LogP contribution in [0.1, 0.15) is 18.7 Å². The second kappa shape index (κ2) is 5.18. The summed E-state index contributed by atoms with van der Waals surface area (Å²) in [5.41, 5.74) is 0. The molecule has 6 nitrogen and oxygen atoms in total. The van der Waals surface area contributed by atoms with Crippen molar-refractivity contribution in [1.82, 2.24) is 25.5 Å². The summed E-state index contributed by atoms with van der Waals surface area (Å²) in [6.45, 7) is 3.22. The first kappa shape index (κ1) is 10.5. The Morgan fingerprint density at radius 3 is 3.13 bits per heavy atom. The van der Waals surface area contributed by atoms with Crippen molar-refractivity contribution in [3.05, 3.63) is 5.82 Å². The molecule has 0 unspecified atom stereocenters. The number of rotatable bonds is 7. The van der Waals surface area contributed by atoms with Crippen LogP contribution < -0.4 is 5.32 Å². The molecule has 1 aliphatic rings. The third kappa shape index (κ3) is 3.24. The number of hydrogen-bond acceptors (Lipinski definition) is 5. The number of aromatic nitrogens is 4. The fraction of sp³-hybridized carbons (Fsp3) is 0.889. The SMILES string of the molecule is COCCNCc1nnnn1CC1CC1. The number of methoxy groups -OCH3 is 1. The Morgan fingerprint density at radius 1 is 1.53 bits per heavy atom. The van der Waals surface area contributed by atoms with Crippen molar-refractivity contribution in [2.75, 3.05) is 20.3 Å². The molecule has 0 radical (unpaired) electrons. The zero-order valence-corrected chi connectivity index (χ0v) is 9.02. The van der Waals surface area contributed by atoms with Crippen LogP contribution in [0.2, 0.25) is 0 Å². The van der Waals surface area contributed by atoms with Gasteiger partial charge in [-0.25, -0.2) is 4.68 Å². The van der Waals surface area contributed by atoms with Gasteiger partial charge < -0.3 is 10.1 Å². The maximum atomic E-state index is 4.95. The van der Waals surface area contributed by atoms with Gasteiger partial charge in [0.1, 0.15) is 0 Å². The molecule has 1 heterocycles. The lowest BCUT2D eigenvalue weighted by Crippen LogP contribution is -2.21. The lowest BCUT2D eigenvalue weighted by Gasteiger charge is -2.04. The van der Waals surface area contributed by atoms with Crippen molar-refractivity contribution < 1.29 is 4.74 Å². The molecule has 84 valence electrons. The van der Waals surface area contributed by atoms with E-state index in [1.807, 2.05) is 4.68 Å². The van der Waals surface area contributed by atoms with Gasteiger partial charge in [0.15, 0.2) is 5.82 Å². The molecule has 0 bridgehead atoms. The average Bonchev–Trinajstić information content (AvgIpc) is 2.94. The van der Waals surface area contributed by atoms with E-state index in [1.54, 1.807) is 7.11 Å². The Kier molecular flexibility index (Phi) is 3.63. The van der Waals surface area contributed by atoms with Gasteiger partial charge in [0.25, 0.3) is 0 Å². The molecule has 0 atom stereocenters. The summed E-state index contributed by atoms with van der Waals surface area (Å²) in [4.78, 5) is 0. The lowest BCUT2D eigenvalue weighted by atomic mass is 10.4. The average molecular weight is 211 g/mol. The van der Waals surface area contributed by atoms with E-state index in [0.717, 1.165) is 24.8 Å². The molecule has 1 fully saturated rings. The topological polar surface area (TPSA) is 64.9 Å². The molecule has 0 aliphatic heterocycles. The first-order chi connectivity index (χ1) is 7.40. The molecule has 1 aromatic heterocycles. The van der Waals surface area contributed by atoms with Crippen LogP contribution in [0.5, 0.6) is 0 Å². The van der Waals surface area contributed by atoms with Gasteiger partial charge in [0, 0.05) is 20.2 Å². The lowest BCUT2D eigenvalue weighted by molar-refractivity contribution is 0.198. The molecule has 0 saturated heterocycles. The number of nitrogens with zero attached hydrogens (tertiary/aromatic N) is 4. The number of hydrogen-bond donors (Lipinski definition) is 1. The highest BCUT2D eigenvalue weighted by atomic mass is 16.5. The normalized spacial score (nSPS) is 15.8. The van der Waals surface area contributed by atoms with Gasteiger partial charge in [-0.2, -0.15) is 0 Å². The summed E-state index contributed by atoms with van der Waals surface area (Å²) < 4.78 is 6.85. The largest absolute Gasteiger partial charge is 0.383 e. The predicted molar refractivity (Wildman–Crippen MR) is 54.1 cm³/mol. The monoisotopic (exact) mass is 211 g/mol. The van der Waals surface area contributed by atoms with Crippen molar-refractivity contribution in [3.8, 4) is 0 Å². The molecule has 6 heteroatoms. The highest BCUT2D eigenvalue weighted by Gasteiger charge is 2.23. The first-order valence-corrected chi connectivity index (χ1v) is 5.35. The second-order valence-electron chi connectivity index (χ2n) is 3.89. The molecule has 0 amide bonds. The van der Waals surface area contributed by atoms with E-state index < -0.39 is 0 Å². The summed E-state index contributed by atoms with van der Waals surface area (Å²) in [5.74, 6) is 1.71. The van der Waals surface area contributed by atoms with Gasteiger partial charge in [-0.3, -0.25) is 0 Å². The maximum Gasteiger partial charge on any atom is 0.165 e. The maximum absolute atomic E-state index is 4.95. The van der Waals surface area contributed by atoms with Crippen LogP contribution in [0.3, 0.4) is 0 Å². The molecular formula is C9H17N5O. The van der Waals surface area contributed by atoms with Gasteiger partial charge in [0.2, 0.25) is 0 Å². The van der Waals surface area contributed by atoms with Crippen LogP contribution in [0, 0.1) is 5.92 Å². The first-order valence-electron chi connectivity index (χ1n) is 5.35. The third-order valence-electron chi connectivity index (χ3n) is 2.50. The predicted octanol–water partition coefficient (Wildman–Crippen LogP) is -0.181. The Balaban J connectivity index is 1.76. The quantitative estimate of drug-likeness (QED) is 0.634. The van der Waals surface area contributed by atoms with Crippen molar-refractivity contribution in [2.45, 2.75) is 25.9 Å². The highest BCUT2D eigenvalue weighted by molar-refractivity contribution is 4.83. The van der Waals surface area contributed by atoms with Crippen molar-refractivity contribution >= 4 is 0 Å². The van der Waals surface area contributed by atoms with Crippen LogP contribution in [0.4, 0.5) is 0 Å². The summed E-state index contributed by atoms with van der Waals surface area (Å²) >= 11 is 0. The minimum absolute atomic E-state index is 0.711. The van der Waals surface area contributed by atoms with Gasteiger partial charge in [-0.1, -0.05) is 0 Å². The Bertz CT molecular complexity index is 296. The number of ether oxygens (including phenoxy) is 1. The molecule has 1 aromatic rings. The van der Waals surface area contributed by atoms with Crippen molar-refractivity contribution in [3.63, 3.8) is 0 Å². The summed E-state index contributed by atoms with van der Waals surface area (Å²) in [7, 11) is 1.69. The van der Waals surface area contributed by atoms with E-state index in [2.05, 4.69) is 20.8 Å². The molecule has 1 saturated carbocycles. The van der Waals surface area contributed by atoms with E-state index in [9.17, 15) is 0 Å². The highest BCUT2D eigenvalue weighted by Crippen LogP contribution is 2.30. The summed E-state index contributed by atoms with van der Waals surface area (Å²) in [6.07, 6.45) is 2.63. The molecule has 1 aliphatic carbocycles. The molecular weight excluding hydrogens is 194 g/mol. The van der Waals surface area contributed by atoms with Crippen molar-refractivity contribution in [1.29, 1.82) is 0 Å². The zero-order valence-electron chi connectivity index (χ0n) is 9.02. The van der Waals surface area contributed by atoms with Crippen molar-refractivity contribution in [2.24, 2.45) is 5.92 Å². The number of tetrazole rings is 1. The summed E-state index contributed by atoms with van der Waals surface area (Å²) in [5, 5.41) is 14.9. The van der Waals surface area contributed by atoms with Crippen LogP contribution >= 0.6 is 0 Å². The molecule has 0 aromatic carbocycles. The Hall–Kier alpha value is -1.01. The second-order valence-corrected chi connectivity index (χ2v) is 3.89. The molecule has 1 N–H and O–H groups in total. The molecule has 0 spiro atoms. The Labute approximate surface area is 89.0 Å². The van der Waals surface area contributed by atoms with Crippen LogP contribution in [0.25, 0.3) is 0 Å². The molecule has 15 heavy (non-hydrogen) atoms. The van der Waals surface area contributed by atoms with Gasteiger partial charge in [-0.15, -0.1) is 5.10 Å². The van der Waals surface area contributed by atoms with E-state index >= 15 is 0 Å². The van der Waals surface area contributed by atoms with Crippen LogP contribution in [0.15, 0.2) is 0 Å². The van der Waals surface area contributed by atoms with E-state index in [1.165, 1.54) is 12.8 Å². The van der Waals surface area contributed by atoms with Crippen LogP contribution in [-0.2, 0) is 17.8 Å². The van der Waals surface area contributed by atoms with Gasteiger partial charge in [-0.05, 0) is 29.2 Å². The smallest absolute Gasteiger partial charge is 0.165 e. The standard InChI is InChI=1S/C9H17N5O/c1-15-5-4-10-6-9-11-12-13-14(9)7-8-2-3-8/h8,10H,2-7H2,1H3.